The average molecular weight is 717 g/mol. The smallest absolute Gasteiger partial charge is 0.409 e. The Morgan fingerprint density at radius 1 is 1.08 bits per heavy atom. The van der Waals surface area contributed by atoms with Crippen LogP contribution in [-0.4, -0.2) is 82.1 Å². The quantitative estimate of drug-likeness (QED) is 0.213. The first-order chi connectivity index (χ1) is 23.3. The third kappa shape index (κ3) is 8.91. The zero-order chi connectivity index (χ0) is 35.9. The Balaban J connectivity index is 1.57. The number of carbonyl (C=O) groups excluding carboxylic acids is 2. The molecule has 0 spiro atoms. The number of nitrogens with zero attached hydrogens (tertiary/aromatic N) is 2. The normalized spacial score (nSPS) is 18.1. The van der Waals surface area contributed by atoms with Gasteiger partial charge in [0.1, 0.15) is 17.6 Å². The van der Waals surface area contributed by atoms with Crippen LogP contribution in [0.4, 0.5) is 14.9 Å². The van der Waals surface area contributed by atoms with Gasteiger partial charge >= 0.3 is 6.09 Å². The fraction of sp³-hybridized carbons (Fsp3) is 0.444. The maximum Gasteiger partial charge on any atom is 0.409 e. The molecule has 4 atom stereocenters. The number of likely N-dealkylation sites (N-methyl/N-ethyl adjacent to an activating group) is 1. The molecule has 2 amide bonds. The molecule has 3 aromatic carbocycles. The minimum atomic E-state index is -3.82. The third-order valence-corrected chi connectivity index (χ3v) is 11.3. The number of rotatable bonds is 13. The van der Waals surface area contributed by atoms with E-state index in [-0.39, 0.29) is 35.0 Å². The summed E-state index contributed by atoms with van der Waals surface area (Å²) in [5, 5.41) is 6.71. The number of ether oxygens (including phenoxy) is 2. The van der Waals surface area contributed by atoms with Crippen molar-refractivity contribution in [1.29, 1.82) is 0 Å². The lowest BCUT2D eigenvalue weighted by Crippen LogP contribution is -2.58. The lowest BCUT2D eigenvalue weighted by atomic mass is 9.81. The van der Waals surface area contributed by atoms with E-state index in [1.165, 1.54) is 50.4 Å². The predicted octanol–water partition coefficient (Wildman–Crippen LogP) is 6.31. The first kappa shape index (κ1) is 38.1. The van der Waals surface area contributed by atoms with Crippen molar-refractivity contribution >= 4 is 39.3 Å². The molecular formula is C36H46ClFN4O6S. The number of nitrogens with one attached hydrogen (secondary N) is 2. The van der Waals surface area contributed by atoms with Crippen molar-refractivity contribution in [2.24, 2.45) is 5.92 Å². The number of methoxy groups -OCH3 is 2. The van der Waals surface area contributed by atoms with E-state index in [4.69, 9.17) is 21.1 Å². The maximum absolute atomic E-state index is 15.4. The van der Waals surface area contributed by atoms with Crippen LogP contribution in [0, 0.1) is 11.7 Å². The highest BCUT2D eigenvalue weighted by atomic mass is 35.5. The lowest BCUT2D eigenvalue weighted by molar-refractivity contribution is -0.121. The fourth-order valence-electron chi connectivity index (χ4n) is 6.66. The molecule has 13 heteroatoms. The van der Waals surface area contributed by atoms with Gasteiger partial charge in [-0.1, -0.05) is 43.6 Å². The summed E-state index contributed by atoms with van der Waals surface area (Å²) in [6.07, 6.45) is 0.437. The molecule has 0 saturated carbocycles. The van der Waals surface area contributed by atoms with Gasteiger partial charge in [-0.25, -0.2) is 17.6 Å². The highest BCUT2D eigenvalue weighted by Gasteiger charge is 2.39. The van der Waals surface area contributed by atoms with E-state index < -0.39 is 39.8 Å². The summed E-state index contributed by atoms with van der Waals surface area (Å²) in [5.74, 6) is -1.02. The van der Waals surface area contributed by atoms with Crippen LogP contribution < -0.4 is 15.4 Å². The topological polar surface area (TPSA) is 117 Å². The number of sulfonamides is 1. The molecule has 1 aliphatic heterocycles. The summed E-state index contributed by atoms with van der Waals surface area (Å²) in [5.41, 5.74) is 1.34. The van der Waals surface area contributed by atoms with Crippen molar-refractivity contribution in [3.8, 4) is 5.75 Å². The fourth-order valence-corrected chi connectivity index (χ4v) is 8.71. The van der Waals surface area contributed by atoms with E-state index in [0.29, 0.717) is 42.3 Å². The summed E-state index contributed by atoms with van der Waals surface area (Å²) in [6, 6.07) is 16.2. The van der Waals surface area contributed by atoms with Crippen molar-refractivity contribution in [3.63, 3.8) is 0 Å². The second kappa shape index (κ2) is 16.8. The second-order valence-corrected chi connectivity index (χ2v) is 14.9. The number of benzene rings is 3. The van der Waals surface area contributed by atoms with Crippen LogP contribution in [0.5, 0.6) is 5.75 Å². The lowest BCUT2D eigenvalue weighted by Gasteiger charge is -2.40. The van der Waals surface area contributed by atoms with Crippen LogP contribution in [0.1, 0.15) is 50.7 Å². The summed E-state index contributed by atoms with van der Waals surface area (Å²) >= 11 is 6.31. The summed E-state index contributed by atoms with van der Waals surface area (Å²) < 4.78 is 54.7. The summed E-state index contributed by atoms with van der Waals surface area (Å²) in [4.78, 5) is 28.3. The average Bonchev–Trinajstić information content (AvgIpc) is 3.07. The first-order valence-electron chi connectivity index (χ1n) is 16.3. The van der Waals surface area contributed by atoms with Crippen LogP contribution >= 0.6 is 11.6 Å². The molecule has 0 radical (unpaired) electrons. The van der Waals surface area contributed by atoms with E-state index in [9.17, 15) is 18.0 Å². The third-order valence-electron chi connectivity index (χ3n) is 9.03. The van der Waals surface area contributed by atoms with Gasteiger partial charge in [0, 0.05) is 54.4 Å². The molecule has 49 heavy (non-hydrogen) atoms. The van der Waals surface area contributed by atoms with Crippen LogP contribution in [-0.2, 0) is 26.0 Å². The molecule has 1 heterocycles. The monoisotopic (exact) mass is 716 g/mol. The van der Waals surface area contributed by atoms with Crippen LogP contribution in [0.2, 0.25) is 5.02 Å². The molecule has 0 aliphatic carbocycles. The van der Waals surface area contributed by atoms with Gasteiger partial charge in [0.25, 0.3) is 0 Å². The van der Waals surface area contributed by atoms with Crippen molar-refractivity contribution in [1.82, 2.24) is 14.5 Å². The van der Waals surface area contributed by atoms with Gasteiger partial charge in [-0.2, -0.15) is 4.31 Å². The molecule has 0 aromatic heterocycles. The molecular weight excluding hydrogens is 671 g/mol. The molecule has 0 unspecified atom stereocenters. The Bertz CT molecular complexity index is 1710. The number of hydrogen-bond donors (Lipinski definition) is 2. The van der Waals surface area contributed by atoms with Gasteiger partial charge < -0.3 is 20.1 Å². The number of anilines is 1. The Morgan fingerprint density at radius 2 is 1.78 bits per heavy atom. The Labute approximate surface area is 294 Å². The number of piperazine rings is 1. The molecule has 2 N–H and O–H groups in total. The summed E-state index contributed by atoms with van der Waals surface area (Å²) in [7, 11) is 0.434. The molecule has 0 bridgehead atoms. The molecule has 10 nitrogen and oxygen atoms in total. The number of hydrogen-bond acceptors (Lipinski definition) is 7. The highest BCUT2D eigenvalue weighted by Crippen LogP contribution is 2.34. The second-order valence-electron chi connectivity index (χ2n) is 12.7. The molecule has 4 rings (SSSR count). The Morgan fingerprint density at radius 3 is 2.41 bits per heavy atom. The zero-order valence-electron chi connectivity index (χ0n) is 28.8. The van der Waals surface area contributed by atoms with Gasteiger partial charge in [-0.15, -0.1) is 0 Å². The van der Waals surface area contributed by atoms with Gasteiger partial charge in [-0.3, -0.25) is 9.69 Å². The molecule has 1 saturated heterocycles. The van der Waals surface area contributed by atoms with Crippen molar-refractivity contribution in [2.75, 3.05) is 39.7 Å². The van der Waals surface area contributed by atoms with Crippen LogP contribution in [0.3, 0.4) is 0 Å². The maximum atomic E-state index is 15.4. The Hall–Kier alpha value is -3.71. The van der Waals surface area contributed by atoms with Crippen molar-refractivity contribution in [2.45, 2.75) is 69.0 Å². The summed E-state index contributed by atoms with van der Waals surface area (Å²) in [6.45, 7) is 6.71. The highest BCUT2D eigenvalue weighted by molar-refractivity contribution is 7.89. The van der Waals surface area contributed by atoms with E-state index in [0.717, 1.165) is 5.56 Å². The zero-order valence-corrected chi connectivity index (χ0v) is 30.4. The van der Waals surface area contributed by atoms with Crippen LogP contribution in [0.15, 0.2) is 71.6 Å². The first-order valence-corrected chi connectivity index (χ1v) is 18.1. The van der Waals surface area contributed by atoms with Crippen molar-refractivity contribution < 1.29 is 31.9 Å². The number of amides is 2. The number of carbonyl (C=O) groups is 2. The Kier molecular flexibility index (Phi) is 13.1. The van der Waals surface area contributed by atoms with E-state index in [1.54, 1.807) is 40.7 Å². The van der Waals surface area contributed by atoms with Gasteiger partial charge in [0.05, 0.1) is 19.1 Å². The standard InChI is InChI=1S/C36H46ClFN4O6S/c1-23(2)33(25-10-7-11-26(37)20-25)34(41(4)36(44)48-6)35(43)40-32-15-9-14-31(38)30(32)13-8-12-27-22-39-21-24(3)42(27)49(45,46)29-18-16-28(47-5)17-19-29/h7,9-11,14-20,23-24,27,33-34,39H,8,12-13,21-22H2,1-6H3,(H,40,43)/t24-,27-,33+,34-/m0/s1. The SMILES string of the molecule is COC(=O)N(C)[C@H](C(=O)Nc1cccc(F)c1CCC[C@H]1CNC[C@H](C)N1S(=O)(=O)c1ccc(OC)cc1)[C@@H](c1cccc(Cl)c1)C(C)C. The van der Waals surface area contributed by atoms with Crippen LogP contribution in [0.25, 0.3) is 0 Å². The van der Waals surface area contributed by atoms with E-state index in [1.807, 2.05) is 26.8 Å². The minimum absolute atomic E-state index is 0.100. The molecule has 3 aromatic rings. The predicted molar refractivity (Wildman–Crippen MR) is 189 cm³/mol. The molecule has 1 fully saturated rings. The number of halogens is 2. The van der Waals surface area contributed by atoms with Gasteiger partial charge in [0.15, 0.2) is 0 Å². The molecule has 1 aliphatic rings. The van der Waals surface area contributed by atoms with Crippen molar-refractivity contribution in [3.05, 3.63) is 88.7 Å². The van der Waals surface area contributed by atoms with Gasteiger partial charge in [-0.05, 0) is 86.2 Å². The van der Waals surface area contributed by atoms with E-state index >= 15 is 4.39 Å². The van der Waals surface area contributed by atoms with Gasteiger partial charge in [0.2, 0.25) is 15.9 Å². The largest absolute Gasteiger partial charge is 0.497 e. The van der Waals surface area contributed by atoms with E-state index in [2.05, 4.69) is 10.6 Å². The minimum Gasteiger partial charge on any atom is -0.497 e. The molecule has 266 valence electrons.